The smallest absolute Gasteiger partial charge is 0.229 e. The number of ketones is 1. The second-order valence-electron chi connectivity index (χ2n) is 6.62. The highest BCUT2D eigenvalue weighted by atomic mass is 19.1. The minimum absolute atomic E-state index is 0.0553. The molecule has 2 aromatic carbocycles. The first-order valence-electron chi connectivity index (χ1n) is 8.89. The Bertz CT molecular complexity index is 1000. The number of nitrogens with zero attached hydrogens (tertiary/aromatic N) is 2. The number of halogens is 1. The van der Waals surface area contributed by atoms with Gasteiger partial charge in [-0.2, -0.15) is 4.98 Å². The summed E-state index contributed by atoms with van der Waals surface area (Å²) in [6, 6.07) is 13.9. The van der Waals surface area contributed by atoms with Crippen molar-refractivity contribution in [3.8, 4) is 0 Å². The van der Waals surface area contributed by atoms with Crippen molar-refractivity contribution in [1.29, 1.82) is 0 Å². The first kappa shape index (κ1) is 17.1. The standard InChI is InChI=1S/C21H19FN4O/c1-13-4-2-5-16(12-13)23-20-19-17(6-3-7-18(19)27)25-21(26-20)24-15-10-8-14(22)9-11-15/h2,4-5,8-12H,3,6-7H2,1H3,(H2,23,24,25,26). The van der Waals surface area contributed by atoms with Gasteiger partial charge in [-0.1, -0.05) is 12.1 Å². The van der Waals surface area contributed by atoms with Crippen LogP contribution in [0.15, 0.2) is 48.5 Å². The Morgan fingerprint density at radius 2 is 1.78 bits per heavy atom. The number of hydrogen-bond donors (Lipinski definition) is 2. The number of benzene rings is 2. The molecule has 1 aromatic heterocycles. The van der Waals surface area contributed by atoms with Crippen molar-refractivity contribution in [2.45, 2.75) is 26.2 Å². The molecule has 27 heavy (non-hydrogen) atoms. The topological polar surface area (TPSA) is 66.9 Å². The first-order chi connectivity index (χ1) is 13.1. The van der Waals surface area contributed by atoms with Crippen molar-refractivity contribution >= 4 is 28.9 Å². The van der Waals surface area contributed by atoms with Crippen molar-refractivity contribution in [3.63, 3.8) is 0 Å². The van der Waals surface area contributed by atoms with Crippen molar-refractivity contribution in [2.24, 2.45) is 0 Å². The summed E-state index contributed by atoms with van der Waals surface area (Å²) in [6.07, 6.45) is 2.01. The molecule has 0 radical (unpaired) electrons. The molecule has 6 heteroatoms. The highest BCUT2D eigenvalue weighted by Crippen LogP contribution is 2.30. The van der Waals surface area contributed by atoms with Crippen molar-refractivity contribution in [1.82, 2.24) is 9.97 Å². The second-order valence-corrected chi connectivity index (χ2v) is 6.62. The lowest BCUT2D eigenvalue weighted by molar-refractivity contribution is 0.0972. The summed E-state index contributed by atoms with van der Waals surface area (Å²) < 4.78 is 13.1. The number of rotatable bonds is 4. The van der Waals surface area contributed by atoms with Gasteiger partial charge in [0.1, 0.15) is 11.6 Å². The number of aromatic nitrogens is 2. The molecule has 0 bridgehead atoms. The summed E-state index contributed by atoms with van der Waals surface area (Å²) in [6.45, 7) is 2.01. The minimum atomic E-state index is -0.306. The van der Waals surface area contributed by atoms with Crippen LogP contribution in [0.25, 0.3) is 0 Å². The van der Waals surface area contributed by atoms with Crippen LogP contribution < -0.4 is 10.6 Å². The molecule has 0 atom stereocenters. The van der Waals surface area contributed by atoms with Gasteiger partial charge in [0, 0.05) is 17.8 Å². The summed E-state index contributed by atoms with van der Waals surface area (Å²) in [5, 5.41) is 6.36. The van der Waals surface area contributed by atoms with Crippen LogP contribution in [0.4, 0.5) is 27.5 Å². The summed E-state index contributed by atoms with van der Waals surface area (Å²) in [4.78, 5) is 21.5. The van der Waals surface area contributed by atoms with Gasteiger partial charge in [0.15, 0.2) is 5.78 Å². The molecule has 0 aliphatic heterocycles. The largest absolute Gasteiger partial charge is 0.339 e. The molecule has 1 heterocycles. The van der Waals surface area contributed by atoms with Crippen molar-refractivity contribution < 1.29 is 9.18 Å². The molecule has 1 aliphatic carbocycles. The van der Waals surface area contributed by atoms with Gasteiger partial charge in [-0.3, -0.25) is 4.79 Å². The predicted molar refractivity (Wildman–Crippen MR) is 103 cm³/mol. The van der Waals surface area contributed by atoms with Crippen molar-refractivity contribution in [2.75, 3.05) is 10.6 Å². The van der Waals surface area contributed by atoms with E-state index in [0.29, 0.717) is 29.4 Å². The lowest BCUT2D eigenvalue weighted by Crippen LogP contribution is -2.17. The fourth-order valence-corrected chi connectivity index (χ4v) is 3.19. The zero-order valence-corrected chi connectivity index (χ0v) is 14.9. The Morgan fingerprint density at radius 1 is 0.963 bits per heavy atom. The van der Waals surface area contributed by atoms with E-state index < -0.39 is 0 Å². The van der Waals surface area contributed by atoms with Gasteiger partial charge in [-0.25, -0.2) is 9.37 Å². The molecular formula is C21H19FN4O. The maximum Gasteiger partial charge on any atom is 0.229 e. The average Bonchev–Trinajstić information content (AvgIpc) is 2.64. The van der Waals surface area contributed by atoms with Crippen LogP contribution >= 0.6 is 0 Å². The van der Waals surface area contributed by atoms with Crippen LogP contribution in [0, 0.1) is 12.7 Å². The number of anilines is 4. The van der Waals surface area contributed by atoms with Gasteiger partial charge < -0.3 is 10.6 Å². The van der Waals surface area contributed by atoms with Crippen molar-refractivity contribution in [3.05, 3.63) is 71.2 Å². The molecule has 3 aromatic rings. The van der Waals surface area contributed by atoms with E-state index in [4.69, 9.17) is 0 Å². The average molecular weight is 362 g/mol. The summed E-state index contributed by atoms with van der Waals surface area (Å²) in [7, 11) is 0. The molecule has 0 amide bonds. The molecule has 2 N–H and O–H groups in total. The van der Waals surface area contributed by atoms with E-state index in [1.165, 1.54) is 12.1 Å². The maximum atomic E-state index is 13.1. The Morgan fingerprint density at radius 3 is 2.56 bits per heavy atom. The molecule has 0 saturated heterocycles. The van der Waals surface area contributed by atoms with Crippen LogP contribution in [-0.2, 0) is 6.42 Å². The molecule has 136 valence electrons. The fraction of sp³-hybridized carbons (Fsp3) is 0.190. The van der Waals surface area contributed by atoms with Crippen LogP contribution in [0.3, 0.4) is 0 Å². The maximum absolute atomic E-state index is 13.1. The van der Waals surface area contributed by atoms with Gasteiger partial charge in [-0.05, 0) is 61.7 Å². The lowest BCUT2D eigenvalue weighted by Gasteiger charge is -2.19. The molecule has 1 aliphatic rings. The molecule has 0 fully saturated rings. The molecular weight excluding hydrogens is 343 g/mol. The van der Waals surface area contributed by atoms with Crippen LogP contribution in [-0.4, -0.2) is 15.8 Å². The Balaban J connectivity index is 1.73. The first-order valence-corrected chi connectivity index (χ1v) is 8.89. The quantitative estimate of drug-likeness (QED) is 0.689. The number of carbonyl (C=O) groups excluding carboxylic acids is 1. The van der Waals surface area contributed by atoms with Gasteiger partial charge in [-0.15, -0.1) is 0 Å². The van der Waals surface area contributed by atoms with Gasteiger partial charge >= 0.3 is 0 Å². The number of carbonyl (C=O) groups is 1. The van der Waals surface area contributed by atoms with E-state index in [0.717, 1.165) is 29.8 Å². The van der Waals surface area contributed by atoms with E-state index in [9.17, 15) is 9.18 Å². The number of Topliss-reactive ketones (excluding diaryl/α,β-unsaturated/α-hetero) is 1. The number of hydrogen-bond acceptors (Lipinski definition) is 5. The third-order valence-corrected chi connectivity index (χ3v) is 4.46. The number of nitrogens with one attached hydrogen (secondary N) is 2. The minimum Gasteiger partial charge on any atom is -0.339 e. The van der Waals surface area contributed by atoms with E-state index in [1.807, 2.05) is 31.2 Å². The summed E-state index contributed by atoms with van der Waals surface area (Å²) in [5.74, 6) is 0.629. The molecule has 0 unspecified atom stereocenters. The molecule has 0 spiro atoms. The highest BCUT2D eigenvalue weighted by Gasteiger charge is 2.24. The van der Waals surface area contributed by atoms with Gasteiger partial charge in [0.25, 0.3) is 0 Å². The molecule has 5 nitrogen and oxygen atoms in total. The Labute approximate surface area is 156 Å². The number of fused-ring (bicyclic) bond motifs is 1. The lowest BCUT2D eigenvalue weighted by atomic mass is 9.95. The zero-order valence-electron chi connectivity index (χ0n) is 14.9. The van der Waals surface area contributed by atoms with Crippen LogP contribution in [0.2, 0.25) is 0 Å². The predicted octanol–water partition coefficient (Wildman–Crippen LogP) is 4.93. The normalized spacial score (nSPS) is 13.2. The summed E-state index contributed by atoms with van der Waals surface area (Å²) in [5.41, 5.74) is 3.95. The van der Waals surface area contributed by atoms with E-state index in [2.05, 4.69) is 20.6 Å². The zero-order chi connectivity index (χ0) is 18.8. The second kappa shape index (κ2) is 7.15. The third-order valence-electron chi connectivity index (χ3n) is 4.46. The summed E-state index contributed by atoms with van der Waals surface area (Å²) >= 11 is 0. The Kier molecular flexibility index (Phi) is 4.54. The van der Waals surface area contributed by atoms with Crippen LogP contribution in [0.5, 0.6) is 0 Å². The number of aryl methyl sites for hydroxylation is 2. The van der Waals surface area contributed by atoms with E-state index in [-0.39, 0.29) is 11.6 Å². The monoisotopic (exact) mass is 362 g/mol. The molecule has 0 saturated carbocycles. The van der Waals surface area contributed by atoms with Gasteiger partial charge in [0.2, 0.25) is 5.95 Å². The van der Waals surface area contributed by atoms with Crippen LogP contribution in [0.1, 0.15) is 34.5 Å². The van der Waals surface area contributed by atoms with E-state index >= 15 is 0 Å². The SMILES string of the molecule is Cc1cccc(Nc2nc(Nc3ccc(F)cc3)nc3c2C(=O)CCC3)c1. The molecule has 4 rings (SSSR count). The van der Waals surface area contributed by atoms with E-state index in [1.54, 1.807) is 12.1 Å². The Hall–Kier alpha value is -3.28. The highest BCUT2D eigenvalue weighted by molar-refractivity contribution is 6.03. The fourth-order valence-electron chi connectivity index (χ4n) is 3.19. The van der Waals surface area contributed by atoms with Gasteiger partial charge in [0.05, 0.1) is 11.3 Å². The third kappa shape index (κ3) is 3.79.